The molecule has 1 fully saturated rings. The minimum absolute atomic E-state index is 0.160. The minimum atomic E-state index is -0.806. The summed E-state index contributed by atoms with van der Waals surface area (Å²) in [6.07, 6.45) is 4.82. The van der Waals surface area contributed by atoms with Crippen molar-refractivity contribution in [2.75, 3.05) is 5.32 Å². The Bertz CT molecular complexity index is 542. The van der Waals surface area contributed by atoms with Crippen LogP contribution in [0.3, 0.4) is 0 Å². The van der Waals surface area contributed by atoms with Gasteiger partial charge in [-0.2, -0.15) is 0 Å². The Hall–Kier alpha value is -1.69. The second-order valence-corrected chi connectivity index (χ2v) is 6.02. The van der Waals surface area contributed by atoms with Crippen LogP contribution >= 0.6 is 15.9 Å². The summed E-state index contributed by atoms with van der Waals surface area (Å²) < 4.78 is 0.926. The maximum absolute atomic E-state index is 11.7. The Kier molecular flexibility index (Phi) is 5.50. The van der Waals surface area contributed by atoms with Gasteiger partial charge in [-0.05, 0) is 37.1 Å². The van der Waals surface area contributed by atoms with Gasteiger partial charge in [0.25, 0.3) is 0 Å². The van der Waals surface area contributed by atoms with E-state index in [4.69, 9.17) is 5.11 Å². The number of anilines is 1. The van der Waals surface area contributed by atoms with Crippen molar-refractivity contribution in [1.29, 1.82) is 0 Å². The lowest BCUT2D eigenvalue weighted by Gasteiger charge is -2.25. The summed E-state index contributed by atoms with van der Waals surface area (Å²) >= 11 is 3.32. The number of nitrogens with zero attached hydrogens (tertiary/aromatic N) is 1. The molecule has 1 aliphatic carbocycles. The van der Waals surface area contributed by atoms with Crippen LogP contribution in [0.5, 0.6) is 0 Å². The fourth-order valence-corrected chi connectivity index (χ4v) is 2.76. The highest BCUT2D eigenvalue weighted by atomic mass is 79.9. The topological polar surface area (TPSA) is 78.8 Å². The maximum atomic E-state index is 11.7. The SMILES string of the molecule is O=C(/N=C/C1CCCC[C@H]1C(=O)O)Nc1ccc(Br)cc1. The van der Waals surface area contributed by atoms with E-state index < -0.39 is 17.9 Å². The molecule has 6 heteroatoms. The van der Waals surface area contributed by atoms with Gasteiger partial charge in [0.15, 0.2) is 0 Å². The summed E-state index contributed by atoms with van der Waals surface area (Å²) in [4.78, 5) is 26.8. The zero-order valence-electron chi connectivity index (χ0n) is 11.5. The van der Waals surface area contributed by atoms with Gasteiger partial charge < -0.3 is 10.4 Å². The maximum Gasteiger partial charge on any atom is 0.345 e. The first kappa shape index (κ1) is 15.7. The second-order valence-electron chi connectivity index (χ2n) is 5.11. The van der Waals surface area contributed by atoms with Gasteiger partial charge in [0.2, 0.25) is 0 Å². The molecule has 1 unspecified atom stereocenters. The number of aliphatic imine (C=N–C) groups is 1. The standard InChI is InChI=1S/C15H17BrN2O3/c16-11-5-7-12(8-6-11)18-15(21)17-9-10-3-1-2-4-13(10)14(19)20/h5-10,13H,1-4H2,(H,18,21)(H,19,20)/b17-9+/t10?,13-/m1/s1. The third kappa shape index (κ3) is 4.67. The van der Waals surface area contributed by atoms with Gasteiger partial charge in [-0.25, -0.2) is 9.79 Å². The van der Waals surface area contributed by atoms with E-state index in [2.05, 4.69) is 26.2 Å². The van der Waals surface area contributed by atoms with E-state index in [1.165, 1.54) is 6.21 Å². The highest BCUT2D eigenvalue weighted by Gasteiger charge is 2.29. The fraction of sp³-hybridized carbons (Fsp3) is 0.400. The van der Waals surface area contributed by atoms with Gasteiger partial charge in [0.05, 0.1) is 5.92 Å². The summed E-state index contributed by atoms with van der Waals surface area (Å²) in [6, 6.07) is 6.69. The van der Waals surface area contributed by atoms with Crippen molar-refractivity contribution >= 4 is 39.8 Å². The van der Waals surface area contributed by atoms with Crippen LogP contribution in [0, 0.1) is 11.8 Å². The molecule has 0 heterocycles. The van der Waals surface area contributed by atoms with Gasteiger partial charge in [0.1, 0.15) is 0 Å². The summed E-state index contributed by atoms with van der Waals surface area (Å²) in [6.45, 7) is 0. The molecule has 5 nitrogen and oxygen atoms in total. The molecule has 0 radical (unpaired) electrons. The first-order valence-electron chi connectivity index (χ1n) is 6.90. The number of hydrogen-bond donors (Lipinski definition) is 2. The molecular formula is C15H17BrN2O3. The lowest BCUT2D eigenvalue weighted by molar-refractivity contribution is -0.143. The average molecular weight is 353 g/mol. The van der Waals surface area contributed by atoms with Crippen LogP contribution in [0.15, 0.2) is 33.7 Å². The zero-order valence-corrected chi connectivity index (χ0v) is 13.0. The van der Waals surface area contributed by atoms with E-state index in [-0.39, 0.29) is 5.92 Å². The predicted molar refractivity (Wildman–Crippen MR) is 84.7 cm³/mol. The molecule has 2 N–H and O–H groups in total. The van der Waals surface area contributed by atoms with Crippen LogP contribution < -0.4 is 5.32 Å². The first-order chi connectivity index (χ1) is 10.1. The van der Waals surface area contributed by atoms with E-state index in [1.54, 1.807) is 12.1 Å². The molecule has 0 saturated heterocycles. The molecule has 1 aromatic rings. The number of benzene rings is 1. The lowest BCUT2D eigenvalue weighted by atomic mass is 9.80. The van der Waals surface area contributed by atoms with E-state index in [9.17, 15) is 9.59 Å². The molecule has 0 spiro atoms. The van der Waals surface area contributed by atoms with Crippen LogP contribution in [0.25, 0.3) is 0 Å². The molecule has 0 aliphatic heterocycles. The number of nitrogens with one attached hydrogen (secondary N) is 1. The molecule has 1 aliphatic rings. The van der Waals surface area contributed by atoms with Gasteiger partial charge in [-0.3, -0.25) is 4.79 Å². The largest absolute Gasteiger partial charge is 0.481 e. The Morgan fingerprint density at radius 3 is 2.57 bits per heavy atom. The normalized spacial score (nSPS) is 22.1. The molecule has 2 atom stereocenters. The Labute approximate surface area is 131 Å². The predicted octanol–water partition coefficient (Wildman–Crippen LogP) is 3.94. The van der Waals surface area contributed by atoms with E-state index in [0.29, 0.717) is 12.1 Å². The van der Waals surface area contributed by atoms with E-state index >= 15 is 0 Å². The van der Waals surface area contributed by atoms with Gasteiger partial charge in [-0.15, -0.1) is 0 Å². The summed E-state index contributed by atoms with van der Waals surface area (Å²) in [5, 5.41) is 11.8. The highest BCUT2D eigenvalue weighted by molar-refractivity contribution is 9.10. The van der Waals surface area contributed by atoms with Crippen molar-refractivity contribution < 1.29 is 14.7 Å². The third-order valence-corrected chi connectivity index (χ3v) is 4.14. The number of aliphatic carboxylic acids is 1. The van der Waals surface area contributed by atoms with Crippen LogP contribution in [0.2, 0.25) is 0 Å². The van der Waals surface area contributed by atoms with E-state index in [0.717, 1.165) is 23.7 Å². The summed E-state index contributed by atoms with van der Waals surface area (Å²) in [7, 11) is 0. The Balaban J connectivity index is 1.94. The number of carbonyl (C=O) groups is 2. The number of urea groups is 1. The molecule has 0 bridgehead atoms. The van der Waals surface area contributed by atoms with Crippen LogP contribution in [0.1, 0.15) is 25.7 Å². The third-order valence-electron chi connectivity index (χ3n) is 3.62. The Morgan fingerprint density at radius 2 is 1.90 bits per heavy atom. The molecular weight excluding hydrogens is 336 g/mol. The number of carbonyl (C=O) groups excluding carboxylic acids is 1. The van der Waals surface area contributed by atoms with Crippen molar-refractivity contribution in [1.82, 2.24) is 0 Å². The van der Waals surface area contributed by atoms with Crippen molar-refractivity contribution in [3.63, 3.8) is 0 Å². The molecule has 0 aromatic heterocycles. The summed E-state index contributed by atoms with van der Waals surface area (Å²) in [5.74, 6) is -1.39. The van der Waals surface area contributed by atoms with Gasteiger partial charge >= 0.3 is 12.0 Å². The van der Waals surface area contributed by atoms with Crippen molar-refractivity contribution in [2.45, 2.75) is 25.7 Å². The van der Waals surface area contributed by atoms with Crippen LogP contribution in [0.4, 0.5) is 10.5 Å². The average Bonchev–Trinajstić information content (AvgIpc) is 2.48. The Morgan fingerprint density at radius 1 is 1.24 bits per heavy atom. The zero-order chi connectivity index (χ0) is 15.2. The number of rotatable bonds is 3. The number of carboxylic acids is 1. The van der Waals surface area contributed by atoms with Gasteiger partial charge in [0, 0.05) is 22.3 Å². The molecule has 1 aromatic carbocycles. The molecule has 2 rings (SSSR count). The lowest BCUT2D eigenvalue weighted by Crippen LogP contribution is -2.28. The smallest absolute Gasteiger partial charge is 0.345 e. The molecule has 1 saturated carbocycles. The monoisotopic (exact) mass is 352 g/mol. The van der Waals surface area contributed by atoms with Crippen molar-refractivity contribution in [3.8, 4) is 0 Å². The quantitative estimate of drug-likeness (QED) is 0.808. The van der Waals surface area contributed by atoms with E-state index in [1.807, 2.05) is 12.1 Å². The summed E-state index contributed by atoms with van der Waals surface area (Å²) in [5.41, 5.74) is 0.652. The van der Waals surface area contributed by atoms with Crippen LogP contribution in [-0.2, 0) is 4.79 Å². The van der Waals surface area contributed by atoms with Crippen molar-refractivity contribution in [2.24, 2.45) is 16.8 Å². The molecule has 21 heavy (non-hydrogen) atoms. The number of halogens is 1. The number of amides is 2. The van der Waals surface area contributed by atoms with Crippen molar-refractivity contribution in [3.05, 3.63) is 28.7 Å². The fourth-order valence-electron chi connectivity index (χ4n) is 2.50. The first-order valence-corrected chi connectivity index (χ1v) is 7.69. The minimum Gasteiger partial charge on any atom is -0.481 e. The highest BCUT2D eigenvalue weighted by Crippen LogP contribution is 2.29. The van der Waals surface area contributed by atoms with Crippen LogP contribution in [-0.4, -0.2) is 23.3 Å². The number of carboxylic acid groups (broad SMARTS) is 1. The molecule has 112 valence electrons. The number of hydrogen-bond acceptors (Lipinski definition) is 2. The van der Waals surface area contributed by atoms with Gasteiger partial charge in [-0.1, -0.05) is 28.8 Å². The second kappa shape index (κ2) is 7.36. The molecule has 2 amide bonds.